The lowest BCUT2D eigenvalue weighted by Crippen LogP contribution is -2.51. The van der Waals surface area contributed by atoms with E-state index in [1.54, 1.807) is 0 Å². The molecule has 0 aromatic rings. The first kappa shape index (κ1) is 14.6. The highest BCUT2D eigenvalue weighted by atomic mass is 16.5. The van der Waals surface area contributed by atoms with Crippen molar-refractivity contribution in [2.24, 2.45) is 11.3 Å². The van der Waals surface area contributed by atoms with Crippen molar-refractivity contribution < 1.29 is 9.84 Å². The van der Waals surface area contributed by atoms with Crippen molar-refractivity contribution in [2.75, 3.05) is 0 Å². The number of aliphatic hydroxyl groups is 1. The molecule has 3 rings (SSSR count). The van der Waals surface area contributed by atoms with Crippen LogP contribution in [0.1, 0.15) is 72.6 Å². The van der Waals surface area contributed by atoms with Gasteiger partial charge < -0.3 is 9.84 Å². The maximum atomic E-state index is 9.64. The van der Waals surface area contributed by atoms with Gasteiger partial charge in [-0.05, 0) is 77.2 Å². The number of allylic oxidation sites excluding steroid dienone is 1. The molecular weight excluding hydrogens is 248 g/mol. The van der Waals surface area contributed by atoms with Gasteiger partial charge in [0, 0.05) is 5.41 Å². The van der Waals surface area contributed by atoms with Crippen LogP contribution in [-0.4, -0.2) is 22.4 Å². The fourth-order valence-electron chi connectivity index (χ4n) is 4.99. The maximum absolute atomic E-state index is 9.64. The highest BCUT2D eigenvalue weighted by Gasteiger charge is 2.64. The quantitative estimate of drug-likeness (QED) is 0.783. The van der Waals surface area contributed by atoms with E-state index in [-0.39, 0.29) is 17.3 Å². The summed E-state index contributed by atoms with van der Waals surface area (Å²) in [7, 11) is 0. The van der Waals surface area contributed by atoms with E-state index in [1.165, 1.54) is 37.7 Å². The van der Waals surface area contributed by atoms with E-state index >= 15 is 0 Å². The molecular formula is C18H30O2. The van der Waals surface area contributed by atoms with Gasteiger partial charge >= 0.3 is 0 Å². The van der Waals surface area contributed by atoms with Gasteiger partial charge in [0.15, 0.2) is 0 Å². The maximum Gasteiger partial charge on any atom is 0.0955 e. The SMILES string of the molecule is C[C@@H](O)CCC1=CCC[C@@]2(C)CC[C@@H]3C[C@]12OC3(C)C. The number of aliphatic hydroxyl groups excluding tert-OH is 1. The van der Waals surface area contributed by atoms with E-state index in [9.17, 15) is 5.11 Å². The van der Waals surface area contributed by atoms with Crippen molar-refractivity contribution in [1.82, 2.24) is 0 Å². The van der Waals surface area contributed by atoms with E-state index in [4.69, 9.17) is 4.74 Å². The second-order valence-electron chi connectivity index (χ2n) is 8.19. The van der Waals surface area contributed by atoms with Crippen LogP contribution in [0.2, 0.25) is 0 Å². The number of fused-ring (bicyclic) bond motifs is 1. The van der Waals surface area contributed by atoms with Gasteiger partial charge in [0.1, 0.15) is 0 Å². The Hall–Kier alpha value is -0.340. The summed E-state index contributed by atoms with van der Waals surface area (Å²) < 4.78 is 6.76. The van der Waals surface area contributed by atoms with Crippen LogP contribution in [0.25, 0.3) is 0 Å². The minimum absolute atomic E-state index is 0.0129. The average Bonchev–Trinajstić information content (AvgIpc) is 2.58. The van der Waals surface area contributed by atoms with Gasteiger partial charge in [0.2, 0.25) is 0 Å². The first-order valence-corrected chi connectivity index (χ1v) is 8.37. The first-order chi connectivity index (χ1) is 9.29. The molecule has 0 unspecified atom stereocenters. The molecule has 1 saturated heterocycles. The fraction of sp³-hybridized carbons (Fsp3) is 0.889. The summed E-state index contributed by atoms with van der Waals surface area (Å²) in [5.41, 5.74) is 1.77. The Morgan fingerprint density at radius 3 is 2.80 bits per heavy atom. The Morgan fingerprint density at radius 2 is 2.10 bits per heavy atom. The molecule has 114 valence electrons. The fourth-order valence-corrected chi connectivity index (χ4v) is 4.99. The van der Waals surface area contributed by atoms with Crippen LogP contribution in [0.3, 0.4) is 0 Å². The first-order valence-electron chi connectivity index (χ1n) is 8.37. The normalized spacial score (nSPS) is 43.9. The third kappa shape index (κ3) is 1.99. The number of hydrogen-bond donors (Lipinski definition) is 1. The van der Waals surface area contributed by atoms with Gasteiger partial charge in [-0.15, -0.1) is 0 Å². The van der Waals surface area contributed by atoms with Gasteiger partial charge in [-0.2, -0.15) is 0 Å². The lowest BCUT2D eigenvalue weighted by molar-refractivity contribution is -0.132. The zero-order valence-corrected chi connectivity index (χ0v) is 13.5. The monoisotopic (exact) mass is 278 g/mol. The van der Waals surface area contributed by atoms with Gasteiger partial charge in [-0.3, -0.25) is 0 Å². The zero-order valence-electron chi connectivity index (χ0n) is 13.5. The molecule has 1 heterocycles. The molecule has 2 bridgehead atoms. The topological polar surface area (TPSA) is 29.5 Å². The third-order valence-corrected chi connectivity index (χ3v) is 6.41. The zero-order chi connectivity index (χ0) is 14.6. The molecule has 1 N–H and O–H groups in total. The summed E-state index contributed by atoms with van der Waals surface area (Å²) in [5, 5.41) is 9.64. The van der Waals surface area contributed by atoms with Crippen molar-refractivity contribution >= 4 is 0 Å². The minimum atomic E-state index is -0.214. The van der Waals surface area contributed by atoms with Crippen molar-refractivity contribution in [1.29, 1.82) is 0 Å². The molecule has 0 amide bonds. The van der Waals surface area contributed by atoms with Crippen LogP contribution in [0, 0.1) is 11.3 Å². The van der Waals surface area contributed by atoms with Crippen molar-refractivity contribution in [2.45, 2.75) is 89.9 Å². The predicted molar refractivity (Wildman–Crippen MR) is 81.6 cm³/mol. The van der Waals surface area contributed by atoms with Crippen LogP contribution in [0.4, 0.5) is 0 Å². The van der Waals surface area contributed by atoms with Crippen molar-refractivity contribution in [3.63, 3.8) is 0 Å². The van der Waals surface area contributed by atoms with Crippen LogP contribution < -0.4 is 0 Å². The standard InChI is InChI=1S/C18H30O2/c1-13(19)7-8-14-6-5-10-17(4)11-9-15-12-18(14,17)20-16(15,2)3/h6,13,15,19H,5,7-12H2,1-4H3/t13-,15-,17+,18+/m1/s1. The van der Waals surface area contributed by atoms with Crippen LogP contribution in [0.15, 0.2) is 11.6 Å². The number of hydrogen-bond acceptors (Lipinski definition) is 2. The number of ether oxygens (including phenoxy) is 1. The molecule has 0 aromatic carbocycles. The minimum Gasteiger partial charge on any atom is -0.393 e. The summed E-state index contributed by atoms with van der Waals surface area (Å²) >= 11 is 0. The molecule has 2 aliphatic carbocycles. The molecule has 2 heteroatoms. The largest absolute Gasteiger partial charge is 0.393 e. The van der Waals surface area contributed by atoms with Crippen LogP contribution in [0.5, 0.6) is 0 Å². The number of rotatable bonds is 3. The Bertz CT molecular complexity index is 423. The molecule has 0 radical (unpaired) electrons. The van der Waals surface area contributed by atoms with Gasteiger partial charge in [0.05, 0.1) is 17.3 Å². The summed E-state index contributed by atoms with van der Waals surface area (Å²) in [5.74, 6) is 0.698. The molecule has 1 spiro atoms. The van der Waals surface area contributed by atoms with E-state index < -0.39 is 0 Å². The summed E-state index contributed by atoms with van der Waals surface area (Å²) in [6, 6.07) is 0. The second kappa shape index (κ2) is 4.58. The lowest BCUT2D eigenvalue weighted by atomic mass is 9.55. The van der Waals surface area contributed by atoms with Gasteiger partial charge in [-0.25, -0.2) is 0 Å². The molecule has 1 aliphatic heterocycles. The van der Waals surface area contributed by atoms with Crippen molar-refractivity contribution in [3.05, 3.63) is 11.6 Å². The van der Waals surface area contributed by atoms with Crippen LogP contribution >= 0.6 is 0 Å². The van der Waals surface area contributed by atoms with E-state index in [0.717, 1.165) is 12.8 Å². The molecule has 3 aliphatic rings. The molecule has 2 fully saturated rings. The summed E-state index contributed by atoms with van der Waals surface area (Å²) in [6.45, 7) is 8.89. The molecule has 4 atom stereocenters. The van der Waals surface area contributed by atoms with E-state index in [1.807, 2.05) is 6.92 Å². The molecule has 0 aromatic heterocycles. The average molecular weight is 278 g/mol. The lowest BCUT2D eigenvalue weighted by Gasteiger charge is -2.52. The summed E-state index contributed by atoms with van der Waals surface area (Å²) in [6.07, 6.45) is 10.3. The van der Waals surface area contributed by atoms with Crippen LogP contribution in [-0.2, 0) is 4.74 Å². The van der Waals surface area contributed by atoms with Crippen molar-refractivity contribution in [3.8, 4) is 0 Å². The highest BCUT2D eigenvalue weighted by Crippen LogP contribution is 2.65. The Labute approximate surface area is 123 Å². The van der Waals surface area contributed by atoms with Gasteiger partial charge in [0.25, 0.3) is 0 Å². The predicted octanol–water partition coefficient (Wildman–Crippen LogP) is 4.22. The molecule has 20 heavy (non-hydrogen) atoms. The highest BCUT2D eigenvalue weighted by molar-refractivity contribution is 5.31. The second-order valence-corrected chi connectivity index (χ2v) is 8.19. The Balaban J connectivity index is 1.94. The Kier molecular flexibility index (Phi) is 3.34. The van der Waals surface area contributed by atoms with Gasteiger partial charge in [-0.1, -0.05) is 13.0 Å². The van der Waals surface area contributed by atoms with E-state index in [2.05, 4.69) is 26.8 Å². The third-order valence-electron chi connectivity index (χ3n) is 6.41. The smallest absolute Gasteiger partial charge is 0.0955 e. The molecule has 2 nitrogen and oxygen atoms in total. The molecule has 1 saturated carbocycles. The Morgan fingerprint density at radius 1 is 1.35 bits per heavy atom. The van der Waals surface area contributed by atoms with E-state index in [0.29, 0.717) is 11.3 Å². The summed E-state index contributed by atoms with van der Waals surface area (Å²) in [4.78, 5) is 0.